The molecule has 0 heterocycles. The van der Waals surface area contributed by atoms with E-state index in [2.05, 4.69) is 17.6 Å². The van der Waals surface area contributed by atoms with Gasteiger partial charge < -0.3 is 15.4 Å². The molecule has 0 unspecified atom stereocenters. The highest BCUT2D eigenvalue weighted by molar-refractivity contribution is 5.95. The fourth-order valence-corrected chi connectivity index (χ4v) is 2.54. The van der Waals surface area contributed by atoms with Crippen molar-refractivity contribution in [2.45, 2.75) is 32.2 Å². The molecule has 4 nitrogen and oxygen atoms in total. The lowest BCUT2D eigenvalue weighted by Crippen LogP contribution is -2.33. The maximum absolute atomic E-state index is 12.8. The minimum Gasteiger partial charge on any atom is -0.497 e. The predicted octanol–water partition coefficient (Wildman–Crippen LogP) is 4.15. The Labute approximate surface area is 144 Å². The lowest BCUT2D eigenvalue weighted by Gasteiger charge is -2.19. The van der Waals surface area contributed by atoms with Gasteiger partial charge in [-0.25, -0.2) is 0 Å². The molecule has 0 aliphatic rings. The number of rotatable bonds is 9. The normalized spacial score (nSPS) is 11.8. The Morgan fingerprint density at radius 2 is 1.88 bits per heavy atom. The van der Waals surface area contributed by atoms with E-state index in [-0.39, 0.29) is 11.9 Å². The van der Waals surface area contributed by atoms with Gasteiger partial charge in [0.05, 0.1) is 7.11 Å². The summed E-state index contributed by atoms with van der Waals surface area (Å²) in [6, 6.07) is 16.8. The van der Waals surface area contributed by atoms with Crippen molar-refractivity contribution < 1.29 is 9.53 Å². The first-order chi connectivity index (χ1) is 11.7. The standard InChI is InChI=1S/C20H26N2O2/c1-3-4-8-14-21-19(16-10-6-5-7-11-16)20(23)22-17-12-9-13-18(15-17)24-2/h5-7,9-13,15,19,21H,3-4,8,14H2,1-2H3,(H,22,23)/t19-/m0/s1. The number of ether oxygens (including phenoxy) is 1. The number of hydrogen-bond acceptors (Lipinski definition) is 3. The average molecular weight is 326 g/mol. The van der Waals surface area contributed by atoms with Crippen molar-refractivity contribution in [3.05, 3.63) is 60.2 Å². The van der Waals surface area contributed by atoms with Crippen LogP contribution in [0.5, 0.6) is 5.75 Å². The Kier molecular flexibility index (Phi) is 7.30. The van der Waals surface area contributed by atoms with Gasteiger partial charge in [-0.2, -0.15) is 0 Å². The van der Waals surface area contributed by atoms with Crippen LogP contribution in [-0.2, 0) is 4.79 Å². The molecule has 1 amide bonds. The zero-order valence-corrected chi connectivity index (χ0v) is 14.4. The highest BCUT2D eigenvalue weighted by atomic mass is 16.5. The third kappa shape index (κ3) is 5.39. The van der Waals surface area contributed by atoms with Crippen LogP contribution in [0.25, 0.3) is 0 Å². The number of hydrogen-bond donors (Lipinski definition) is 2. The molecule has 0 fully saturated rings. The van der Waals surface area contributed by atoms with Gasteiger partial charge in [-0.05, 0) is 30.7 Å². The summed E-state index contributed by atoms with van der Waals surface area (Å²) in [6.45, 7) is 2.99. The van der Waals surface area contributed by atoms with Crippen molar-refractivity contribution in [2.75, 3.05) is 19.0 Å². The quantitative estimate of drug-likeness (QED) is 0.681. The van der Waals surface area contributed by atoms with Gasteiger partial charge in [0.15, 0.2) is 0 Å². The van der Waals surface area contributed by atoms with Gasteiger partial charge in [-0.15, -0.1) is 0 Å². The van der Waals surface area contributed by atoms with E-state index in [1.54, 1.807) is 7.11 Å². The van der Waals surface area contributed by atoms with E-state index in [1.807, 2.05) is 54.6 Å². The summed E-state index contributed by atoms with van der Waals surface area (Å²) in [7, 11) is 1.61. The summed E-state index contributed by atoms with van der Waals surface area (Å²) >= 11 is 0. The van der Waals surface area contributed by atoms with Crippen LogP contribution < -0.4 is 15.4 Å². The molecule has 0 aromatic heterocycles. The zero-order valence-electron chi connectivity index (χ0n) is 14.4. The Bertz CT molecular complexity index is 629. The largest absolute Gasteiger partial charge is 0.497 e. The summed E-state index contributed by atoms with van der Waals surface area (Å²) < 4.78 is 5.21. The molecule has 1 atom stereocenters. The summed E-state index contributed by atoms with van der Waals surface area (Å²) in [5.41, 5.74) is 1.70. The summed E-state index contributed by atoms with van der Waals surface area (Å²) in [5.74, 6) is 0.658. The highest BCUT2D eigenvalue weighted by Gasteiger charge is 2.19. The van der Waals surface area contributed by atoms with Gasteiger partial charge in [0.25, 0.3) is 0 Å². The molecule has 0 aliphatic heterocycles. The topological polar surface area (TPSA) is 50.4 Å². The van der Waals surface area contributed by atoms with Gasteiger partial charge in [0.2, 0.25) is 5.91 Å². The number of benzene rings is 2. The van der Waals surface area contributed by atoms with Crippen LogP contribution in [0.2, 0.25) is 0 Å². The van der Waals surface area contributed by atoms with Crippen LogP contribution in [0.1, 0.15) is 37.8 Å². The van der Waals surface area contributed by atoms with Crippen LogP contribution in [0, 0.1) is 0 Å². The van der Waals surface area contributed by atoms with E-state index in [0.717, 1.165) is 42.8 Å². The Balaban J connectivity index is 2.08. The molecule has 0 radical (unpaired) electrons. The minimum atomic E-state index is -0.366. The third-order valence-electron chi connectivity index (χ3n) is 3.86. The monoisotopic (exact) mass is 326 g/mol. The van der Waals surface area contributed by atoms with Crippen LogP contribution >= 0.6 is 0 Å². The molecule has 2 N–H and O–H groups in total. The van der Waals surface area contributed by atoms with Crippen molar-refractivity contribution in [1.29, 1.82) is 0 Å². The Morgan fingerprint density at radius 1 is 1.08 bits per heavy atom. The number of anilines is 1. The lowest BCUT2D eigenvalue weighted by atomic mass is 10.1. The van der Waals surface area contributed by atoms with Crippen LogP contribution in [0.4, 0.5) is 5.69 Å². The second kappa shape index (κ2) is 9.73. The van der Waals surface area contributed by atoms with E-state index in [0.29, 0.717) is 0 Å². The number of carbonyl (C=O) groups excluding carboxylic acids is 1. The van der Waals surface area contributed by atoms with Crippen molar-refractivity contribution >= 4 is 11.6 Å². The van der Waals surface area contributed by atoms with E-state index < -0.39 is 0 Å². The predicted molar refractivity (Wildman–Crippen MR) is 98.3 cm³/mol. The lowest BCUT2D eigenvalue weighted by molar-refractivity contribution is -0.118. The zero-order chi connectivity index (χ0) is 17.2. The summed E-state index contributed by atoms with van der Waals surface area (Å²) in [4.78, 5) is 12.8. The number of nitrogens with one attached hydrogen (secondary N) is 2. The fraction of sp³-hybridized carbons (Fsp3) is 0.350. The second-order valence-electron chi connectivity index (χ2n) is 5.73. The van der Waals surface area contributed by atoms with Gasteiger partial charge in [-0.3, -0.25) is 4.79 Å². The first-order valence-electron chi connectivity index (χ1n) is 8.48. The molecule has 2 rings (SSSR count). The van der Waals surface area contributed by atoms with Gasteiger partial charge in [0.1, 0.15) is 11.8 Å². The van der Waals surface area contributed by atoms with Gasteiger partial charge >= 0.3 is 0 Å². The maximum Gasteiger partial charge on any atom is 0.246 e. The molecule has 0 saturated heterocycles. The van der Waals surface area contributed by atoms with E-state index in [1.165, 1.54) is 0 Å². The molecule has 2 aromatic rings. The van der Waals surface area contributed by atoms with Crippen LogP contribution in [-0.4, -0.2) is 19.6 Å². The van der Waals surface area contributed by atoms with Gasteiger partial charge in [-0.1, -0.05) is 56.2 Å². The van der Waals surface area contributed by atoms with E-state index >= 15 is 0 Å². The fourth-order valence-electron chi connectivity index (χ4n) is 2.54. The van der Waals surface area contributed by atoms with Crippen molar-refractivity contribution in [3.63, 3.8) is 0 Å². The smallest absolute Gasteiger partial charge is 0.246 e. The van der Waals surface area contributed by atoms with E-state index in [4.69, 9.17) is 4.74 Å². The molecule has 0 saturated carbocycles. The molecule has 128 valence electrons. The van der Waals surface area contributed by atoms with Crippen molar-refractivity contribution in [3.8, 4) is 5.75 Å². The maximum atomic E-state index is 12.8. The molecule has 24 heavy (non-hydrogen) atoms. The molecule has 4 heteroatoms. The number of unbranched alkanes of at least 4 members (excludes halogenated alkanes) is 2. The number of amides is 1. The van der Waals surface area contributed by atoms with Gasteiger partial charge in [0, 0.05) is 11.8 Å². The Hall–Kier alpha value is -2.33. The number of carbonyl (C=O) groups is 1. The summed E-state index contributed by atoms with van der Waals surface area (Å²) in [6.07, 6.45) is 3.38. The molecule has 0 aliphatic carbocycles. The minimum absolute atomic E-state index is 0.0639. The molecular weight excluding hydrogens is 300 g/mol. The first kappa shape index (κ1) is 18.0. The molecular formula is C20H26N2O2. The van der Waals surface area contributed by atoms with Crippen molar-refractivity contribution in [2.24, 2.45) is 0 Å². The highest BCUT2D eigenvalue weighted by Crippen LogP contribution is 2.20. The molecule has 0 spiro atoms. The third-order valence-corrected chi connectivity index (χ3v) is 3.86. The number of methoxy groups -OCH3 is 1. The van der Waals surface area contributed by atoms with Crippen LogP contribution in [0.3, 0.4) is 0 Å². The van der Waals surface area contributed by atoms with Crippen molar-refractivity contribution in [1.82, 2.24) is 5.32 Å². The van der Waals surface area contributed by atoms with Crippen LogP contribution in [0.15, 0.2) is 54.6 Å². The first-order valence-corrected chi connectivity index (χ1v) is 8.48. The second-order valence-corrected chi connectivity index (χ2v) is 5.73. The SMILES string of the molecule is CCCCCN[C@H](C(=O)Nc1cccc(OC)c1)c1ccccc1. The average Bonchev–Trinajstić information content (AvgIpc) is 2.62. The molecule has 2 aromatic carbocycles. The Morgan fingerprint density at radius 3 is 2.58 bits per heavy atom. The molecule has 0 bridgehead atoms. The van der Waals surface area contributed by atoms with E-state index in [9.17, 15) is 4.79 Å². The summed E-state index contributed by atoms with van der Waals surface area (Å²) in [5, 5.41) is 6.35.